The summed E-state index contributed by atoms with van der Waals surface area (Å²) in [7, 11) is -1.79. The number of hydrogen-bond acceptors (Lipinski definition) is 4. The zero-order valence-corrected chi connectivity index (χ0v) is 7.97. The first-order valence-electron chi connectivity index (χ1n) is 4.16. The van der Waals surface area contributed by atoms with Crippen LogP contribution < -0.4 is 5.46 Å². The predicted molar refractivity (Wildman–Crippen MR) is 53.4 cm³/mol. The molecule has 0 atom stereocenters. The number of aldehydes is 1. The molecular weight excluding hydrogens is 199 g/mol. The van der Waals surface area contributed by atoms with Gasteiger partial charge in [-0.2, -0.15) is 0 Å². The Hall–Kier alpha value is -1.66. The van der Waals surface area contributed by atoms with Gasteiger partial charge in [0.1, 0.15) is 6.29 Å². The van der Waals surface area contributed by atoms with Crippen molar-refractivity contribution in [1.29, 1.82) is 0 Å². The fourth-order valence-corrected chi connectivity index (χ4v) is 1.27. The van der Waals surface area contributed by atoms with Crippen LogP contribution in [0.25, 0.3) is 0 Å². The van der Waals surface area contributed by atoms with Gasteiger partial charge in [0.25, 0.3) is 0 Å². The largest absolute Gasteiger partial charge is 0.488 e. The Morgan fingerprint density at radius 3 is 2.40 bits per heavy atom. The topological polar surface area (TPSA) is 94.8 Å². The molecule has 5 nitrogen and oxygen atoms in total. The quantitative estimate of drug-likeness (QED) is 0.445. The molecule has 6 heteroatoms. The van der Waals surface area contributed by atoms with E-state index < -0.39 is 13.1 Å². The van der Waals surface area contributed by atoms with Gasteiger partial charge in [-0.3, -0.25) is 4.79 Å². The number of hydrogen-bond donors (Lipinski definition) is 3. The van der Waals surface area contributed by atoms with E-state index in [1.165, 1.54) is 13.0 Å². The minimum atomic E-state index is -1.79. The Balaban J connectivity index is 3.45. The van der Waals surface area contributed by atoms with E-state index >= 15 is 0 Å². The highest BCUT2D eigenvalue weighted by Gasteiger charge is 2.19. The van der Waals surface area contributed by atoms with Crippen molar-refractivity contribution < 1.29 is 24.7 Å². The van der Waals surface area contributed by atoms with Crippen LogP contribution >= 0.6 is 0 Å². The Labute approximate surface area is 86.1 Å². The van der Waals surface area contributed by atoms with Crippen LogP contribution in [-0.2, 0) is 0 Å². The smallest absolute Gasteiger partial charge is 0.478 e. The fraction of sp³-hybridized carbons (Fsp3) is 0.111. The molecule has 15 heavy (non-hydrogen) atoms. The molecule has 0 fully saturated rings. The van der Waals surface area contributed by atoms with E-state index in [-0.39, 0.29) is 16.6 Å². The van der Waals surface area contributed by atoms with E-state index in [1.807, 2.05) is 0 Å². The van der Waals surface area contributed by atoms with Crippen molar-refractivity contribution in [1.82, 2.24) is 0 Å². The maximum absolute atomic E-state index is 10.7. The molecular formula is C9H9BO5. The zero-order chi connectivity index (χ0) is 11.6. The minimum absolute atomic E-state index is 0.0250. The third-order valence-electron chi connectivity index (χ3n) is 2.14. The highest BCUT2D eigenvalue weighted by atomic mass is 16.4. The van der Waals surface area contributed by atoms with Gasteiger partial charge in [0.2, 0.25) is 0 Å². The number of rotatable bonds is 3. The molecule has 0 heterocycles. The second-order valence-corrected chi connectivity index (χ2v) is 3.08. The van der Waals surface area contributed by atoms with Gasteiger partial charge in [0.05, 0.1) is 5.56 Å². The molecule has 1 aromatic rings. The number of carbonyl (C=O) groups is 2. The molecule has 3 N–H and O–H groups in total. The predicted octanol–water partition coefficient (Wildman–Crippen LogP) is -0.814. The van der Waals surface area contributed by atoms with Gasteiger partial charge in [0, 0.05) is 5.56 Å². The second kappa shape index (κ2) is 4.25. The molecule has 1 aromatic carbocycles. The van der Waals surface area contributed by atoms with E-state index in [2.05, 4.69) is 0 Å². The second-order valence-electron chi connectivity index (χ2n) is 3.08. The van der Waals surface area contributed by atoms with Crippen LogP contribution in [-0.4, -0.2) is 34.5 Å². The Bertz CT molecular complexity index is 413. The van der Waals surface area contributed by atoms with Gasteiger partial charge in [-0.25, -0.2) is 4.79 Å². The van der Waals surface area contributed by atoms with Gasteiger partial charge >= 0.3 is 13.1 Å². The molecule has 0 aromatic heterocycles. The van der Waals surface area contributed by atoms with Gasteiger partial charge in [-0.05, 0) is 30.1 Å². The van der Waals surface area contributed by atoms with Gasteiger partial charge < -0.3 is 15.2 Å². The summed E-state index contributed by atoms with van der Waals surface area (Å²) in [6.45, 7) is 1.52. The van der Waals surface area contributed by atoms with Crippen molar-refractivity contribution in [2.45, 2.75) is 6.92 Å². The SMILES string of the molecule is Cc1c(C=O)cc(C(=O)O)cc1B(O)O. The first-order chi connectivity index (χ1) is 6.97. The number of benzene rings is 1. The fourth-order valence-electron chi connectivity index (χ4n) is 1.27. The lowest BCUT2D eigenvalue weighted by Crippen LogP contribution is -2.33. The molecule has 0 saturated carbocycles. The standard InChI is InChI=1S/C9H9BO5/c1-5-7(4-11)2-6(9(12)13)3-8(5)10(14)15/h2-4,14-15H,1H3,(H,12,13). The van der Waals surface area contributed by atoms with Crippen LogP contribution in [0.3, 0.4) is 0 Å². The average molecular weight is 208 g/mol. The molecule has 0 bridgehead atoms. The molecule has 78 valence electrons. The molecule has 1 rings (SSSR count). The van der Waals surface area contributed by atoms with Crippen molar-refractivity contribution in [2.24, 2.45) is 0 Å². The first kappa shape index (κ1) is 11.4. The highest BCUT2D eigenvalue weighted by molar-refractivity contribution is 6.59. The minimum Gasteiger partial charge on any atom is -0.478 e. The summed E-state index contributed by atoms with van der Waals surface area (Å²) in [6.07, 6.45) is 0.480. The summed E-state index contributed by atoms with van der Waals surface area (Å²) in [4.78, 5) is 21.3. The number of carboxylic acids is 1. The Kier molecular flexibility index (Phi) is 3.23. The van der Waals surface area contributed by atoms with E-state index in [0.717, 1.165) is 6.07 Å². The highest BCUT2D eigenvalue weighted by Crippen LogP contribution is 2.08. The van der Waals surface area contributed by atoms with Crippen molar-refractivity contribution >= 4 is 24.8 Å². The lowest BCUT2D eigenvalue weighted by atomic mass is 9.75. The molecule has 0 aliphatic rings. The lowest BCUT2D eigenvalue weighted by molar-refractivity contribution is 0.0697. The van der Waals surface area contributed by atoms with Crippen LogP contribution in [0.15, 0.2) is 12.1 Å². The van der Waals surface area contributed by atoms with Gasteiger partial charge in [-0.15, -0.1) is 0 Å². The molecule has 0 saturated heterocycles. The Morgan fingerprint density at radius 2 is 2.00 bits per heavy atom. The van der Waals surface area contributed by atoms with E-state index in [0.29, 0.717) is 11.8 Å². The van der Waals surface area contributed by atoms with E-state index in [4.69, 9.17) is 15.2 Å². The van der Waals surface area contributed by atoms with Crippen molar-refractivity contribution in [2.75, 3.05) is 0 Å². The molecule has 0 spiro atoms. The molecule has 0 aliphatic carbocycles. The maximum atomic E-state index is 10.7. The van der Waals surface area contributed by atoms with Crippen molar-refractivity contribution in [3.05, 3.63) is 28.8 Å². The first-order valence-corrected chi connectivity index (χ1v) is 4.16. The molecule has 0 aliphatic heterocycles. The summed E-state index contributed by atoms with van der Waals surface area (Å²) >= 11 is 0. The number of carbonyl (C=O) groups excluding carboxylic acids is 1. The van der Waals surface area contributed by atoms with Crippen molar-refractivity contribution in [3.63, 3.8) is 0 Å². The van der Waals surface area contributed by atoms with E-state index in [1.54, 1.807) is 0 Å². The van der Waals surface area contributed by atoms with Crippen LogP contribution in [0.1, 0.15) is 26.3 Å². The zero-order valence-electron chi connectivity index (χ0n) is 7.97. The molecule has 0 unspecified atom stereocenters. The summed E-state index contributed by atoms with van der Waals surface area (Å²) in [5.74, 6) is -1.22. The van der Waals surface area contributed by atoms with Crippen molar-refractivity contribution in [3.8, 4) is 0 Å². The third kappa shape index (κ3) is 2.23. The van der Waals surface area contributed by atoms with Crippen LogP contribution in [0.5, 0.6) is 0 Å². The molecule has 0 amide bonds. The summed E-state index contributed by atoms with van der Waals surface area (Å²) in [6, 6.07) is 2.33. The molecule has 0 radical (unpaired) electrons. The van der Waals surface area contributed by atoms with Gasteiger partial charge in [0.15, 0.2) is 0 Å². The van der Waals surface area contributed by atoms with Crippen LogP contribution in [0.2, 0.25) is 0 Å². The maximum Gasteiger partial charge on any atom is 0.488 e. The lowest BCUT2D eigenvalue weighted by Gasteiger charge is -2.08. The summed E-state index contributed by atoms with van der Waals surface area (Å²) in [5, 5.41) is 26.7. The van der Waals surface area contributed by atoms with Gasteiger partial charge in [-0.1, -0.05) is 0 Å². The number of aromatic carboxylic acids is 1. The monoisotopic (exact) mass is 208 g/mol. The average Bonchev–Trinajstić information content (AvgIpc) is 2.17. The van der Waals surface area contributed by atoms with E-state index in [9.17, 15) is 9.59 Å². The Morgan fingerprint density at radius 1 is 1.40 bits per heavy atom. The third-order valence-corrected chi connectivity index (χ3v) is 2.14. The van der Waals surface area contributed by atoms with Crippen LogP contribution in [0.4, 0.5) is 0 Å². The summed E-state index contributed by atoms with van der Waals surface area (Å²) in [5.41, 5.74) is 0.380. The normalized spacial score (nSPS) is 9.80. The summed E-state index contributed by atoms with van der Waals surface area (Å²) < 4.78 is 0. The van der Waals surface area contributed by atoms with Crippen LogP contribution in [0, 0.1) is 6.92 Å². The number of carboxylic acid groups (broad SMARTS) is 1.